The summed E-state index contributed by atoms with van der Waals surface area (Å²) in [6.07, 6.45) is 1.08. The molecule has 2 aromatic rings. The summed E-state index contributed by atoms with van der Waals surface area (Å²) < 4.78 is 5.80. The minimum absolute atomic E-state index is 0.669. The fourth-order valence-electron chi connectivity index (χ4n) is 2.37. The number of anilines is 2. The third kappa shape index (κ3) is 6.15. The summed E-state index contributed by atoms with van der Waals surface area (Å²) in [7, 11) is 0. The zero-order chi connectivity index (χ0) is 17.4. The van der Waals surface area contributed by atoms with Crippen LogP contribution < -0.4 is 15.4 Å². The number of aryl methyl sites for hydroxylation is 2. The second-order valence-corrected chi connectivity index (χ2v) is 6.71. The first-order chi connectivity index (χ1) is 11.5. The first kappa shape index (κ1) is 18.2. The highest BCUT2D eigenvalue weighted by Gasteiger charge is 1.99. The normalized spacial score (nSPS) is 10.7. The van der Waals surface area contributed by atoms with Crippen molar-refractivity contribution < 1.29 is 4.74 Å². The molecule has 24 heavy (non-hydrogen) atoms. The van der Waals surface area contributed by atoms with Crippen molar-refractivity contribution in [2.45, 2.75) is 34.1 Å². The zero-order valence-electron chi connectivity index (χ0n) is 15.4. The summed E-state index contributed by atoms with van der Waals surface area (Å²) in [6.45, 7) is 11.2. The number of hydrogen-bond acceptors (Lipinski definition) is 3. The third-order valence-corrected chi connectivity index (χ3v) is 4.09. The Bertz CT molecular complexity index is 637. The van der Waals surface area contributed by atoms with Gasteiger partial charge in [-0.1, -0.05) is 26.0 Å². The predicted octanol–water partition coefficient (Wildman–Crippen LogP) is 5.25. The van der Waals surface area contributed by atoms with Gasteiger partial charge in [0, 0.05) is 30.5 Å². The van der Waals surface area contributed by atoms with E-state index in [0.29, 0.717) is 5.92 Å². The monoisotopic (exact) mass is 326 g/mol. The molecule has 3 heteroatoms. The van der Waals surface area contributed by atoms with Crippen LogP contribution in [0.5, 0.6) is 5.75 Å². The first-order valence-corrected chi connectivity index (χ1v) is 8.82. The molecule has 2 aromatic carbocycles. The molecular formula is C21H30N2O. The van der Waals surface area contributed by atoms with Gasteiger partial charge < -0.3 is 15.4 Å². The van der Waals surface area contributed by atoms with E-state index in [9.17, 15) is 0 Å². The Kier molecular flexibility index (Phi) is 6.98. The lowest BCUT2D eigenvalue weighted by molar-refractivity contribution is 0.289. The standard InChI is InChI=1S/C21H30N2O/c1-16(2)10-13-24-21-7-5-6-19(15-21)22-11-12-23-20-9-8-17(3)18(4)14-20/h5-9,14-16,22-23H,10-13H2,1-4H3. The van der Waals surface area contributed by atoms with E-state index in [-0.39, 0.29) is 0 Å². The molecule has 0 spiro atoms. The van der Waals surface area contributed by atoms with Crippen LogP contribution in [0, 0.1) is 19.8 Å². The van der Waals surface area contributed by atoms with Gasteiger partial charge in [-0.25, -0.2) is 0 Å². The quantitative estimate of drug-likeness (QED) is 0.617. The molecule has 0 saturated carbocycles. The van der Waals surface area contributed by atoms with Crippen molar-refractivity contribution in [3.05, 3.63) is 53.6 Å². The van der Waals surface area contributed by atoms with Gasteiger partial charge in [-0.15, -0.1) is 0 Å². The molecule has 0 fully saturated rings. The smallest absolute Gasteiger partial charge is 0.121 e. The maximum Gasteiger partial charge on any atom is 0.121 e. The van der Waals surface area contributed by atoms with Crippen LogP contribution in [0.2, 0.25) is 0 Å². The van der Waals surface area contributed by atoms with Gasteiger partial charge in [0.25, 0.3) is 0 Å². The summed E-state index contributed by atoms with van der Waals surface area (Å²) >= 11 is 0. The summed E-state index contributed by atoms with van der Waals surface area (Å²) in [5.41, 5.74) is 4.91. The molecule has 0 bridgehead atoms. The minimum Gasteiger partial charge on any atom is -0.494 e. The topological polar surface area (TPSA) is 33.3 Å². The van der Waals surface area contributed by atoms with Gasteiger partial charge in [0.2, 0.25) is 0 Å². The van der Waals surface area contributed by atoms with E-state index in [1.165, 1.54) is 16.8 Å². The summed E-state index contributed by atoms with van der Waals surface area (Å²) in [5.74, 6) is 1.60. The Morgan fingerprint density at radius 3 is 2.25 bits per heavy atom. The van der Waals surface area contributed by atoms with E-state index in [4.69, 9.17) is 4.74 Å². The summed E-state index contributed by atoms with van der Waals surface area (Å²) in [5, 5.41) is 6.89. The van der Waals surface area contributed by atoms with E-state index in [2.05, 4.69) is 68.7 Å². The van der Waals surface area contributed by atoms with Gasteiger partial charge in [-0.05, 0) is 61.6 Å². The van der Waals surface area contributed by atoms with Crippen LogP contribution in [-0.4, -0.2) is 19.7 Å². The number of benzene rings is 2. The number of hydrogen-bond donors (Lipinski definition) is 2. The molecule has 0 amide bonds. The number of ether oxygens (including phenoxy) is 1. The Hall–Kier alpha value is -2.16. The molecule has 0 aliphatic heterocycles. The molecule has 0 heterocycles. The Morgan fingerprint density at radius 1 is 0.875 bits per heavy atom. The average molecular weight is 326 g/mol. The maximum atomic E-state index is 5.80. The molecule has 0 aliphatic carbocycles. The molecule has 130 valence electrons. The molecule has 0 atom stereocenters. The Balaban J connectivity index is 1.74. The molecule has 0 aromatic heterocycles. The second kappa shape index (κ2) is 9.21. The lowest BCUT2D eigenvalue weighted by Crippen LogP contribution is -2.13. The highest BCUT2D eigenvalue weighted by molar-refractivity contribution is 5.50. The maximum absolute atomic E-state index is 5.80. The summed E-state index contributed by atoms with van der Waals surface area (Å²) in [4.78, 5) is 0. The molecule has 2 rings (SSSR count). The molecule has 3 nitrogen and oxygen atoms in total. The van der Waals surface area contributed by atoms with Gasteiger partial charge in [-0.2, -0.15) is 0 Å². The van der Waals surface area contributed by atoms with E-state index in [1.807, 2.05) is 12.1 Å². The lowest BCUT2D eigenvalue weighted by atomic mass is 10.1. The van der Waals surface area contributed by atoms with Crippen molar-refractivity contribution in [2.75, 3.05) is 30.3 Å². The van der Waals surface area contributed by atoms with Crippen LogP contribution in [-0.2, 0) is 0 Å². The SMILES string of the molecule is Cc1ccc(NCCNc2cccc(OCCC(C)C)c2)cc1C. The van der Waals surface area contributed by atoms with Gasteiger partial charge in [0.05, 0.1) is 6.61 Å². The van der Waals surface area contributed by atoms with Crippen LogP contribution in [0.4, 0.5) is 11.4 Å². The van der Waals surface area contributed by atoms with E-state index in [1.54, 1.807) is 0 Å². The van der Waals surface area contributed by atoms with Crippen molar-refractivity contribution >= 4 is 11.4 Å². The summed E-state index contributed by atoms with van der Waals surface area (Å²) in [6, 6.07) is 14.7. The van der Waals surface area contributed by atoms with E-state index >= 15 is 0 Å². The predicted molar refractivity (Wildman–Crippen MR) is 104 cm³/mol. The Labute approximate surface area is 146 Å². The number of nitrogens with one attached hydrogen (secondary N) is 2. The lowest BCUT2D eigenvalue weighted by Gasteiger charge is -2.12. The van der Waals surface area contributed by atoms with Crippen LogP contribution in [0.1, 0.15) is 31.4 Å². The molecule has 0 unspecified atom stereocenters. The van der Waals surface area contributed by atoms with Crippen molar-refractivity contribution in [1.82, 2.24) is 0 Å². The zero-order valence-corrected chi connectivity index (χ0v) is 15.4. The van der Waals surface area contributed by atoms with Crippen LogP contribution in [0.15, 0.2) is 42.5 Å². The van der Waals surface area contributed by atoms with Gasteiger partial charge in [-0.3, -0.25) is 0 Å². The average Bonchev–Trinajstić information content (AvgIpc) is 2.55. The van der Waals surface area contributed by atoms with Crippen LogP contribution in [0.25, 0.3) is 0 Å². The highest BCUT2D eigenvalue weighted by atomic mass is 16.5. The van der Waals surface area contributed by atoms with Crippen molar-refractivity contribution in [1.29, 1.82) is 0 Å². The fraction of sp³-hybridized carbons (Fsp3) is 0.429. The van der Waals surface area contributed by atoms with E-state index in [0.717, 1.165) is 37.6 Å². The van der Waals surface area contributed by atoms with Crippen molar-refractivity contribution in [3.8, 4) is 5.75 Å². The number of rotatable bonds is 9. The first-order valence-electron chi connectivity index (χ1n) is 8.82. The molecule has 2 N–H and O–H groups in total. The molecule has 0 aliphatic rings. The largest absolute Gasteiger partial charge is 0.494 e. The Morgan fingerprint density at radius 2 is 1.58 bits per heavy atom. The van der Waals surface area contributed by atoms with Crippen LogP contribution >= 0.6 is 0 Å². The molecule has 0 saturated heterocycles. The van der Waals surface area contributed by atoms with E-state index < -0.39 is 0 Å². The minimum atomic E-state index is 0.669. The molecular weight excluding hydrogens is 296 g/mol. The van der Waals surface area contributed by atoms with Crippen molar-refractivity contribution in [3.63, 3.8) is 0 Å². The van der Waals surface area contributed by atoms with Gasteiger partial charge >= 0.3 is 0 Å². The fourth-order valence-corrected chi connectivity index (χ4v) is 2.37. The third-order valence-electron chi connectivity index (χ3n) is 4.09. The van der Waals surface area contributed by atoms with Gasteiger partial charge in [0.15, 0.2) is 0 Å². The highest BCUT2D eigenvalue weighted by Crippen LogP contribution is 2.18. The van der Waals surface area contributed by atoms with Crippen LogP contribution in [0.3, 0.4) is 0 Å². The molecule has 0 radical (unpaired) electrons. The second-order valence-electron chi connectivity index (χ2n) is 6.71. The van der Waals surface area contributed by atoms with Gasteiger partial charge in [0.1, 0.15) is 5.75 Å². The van der Waals surface area contributed by atoms with Crippen molar-refractivity contribution in [2.24, 2.45) is 5.92 Å².